The van der Waals surface area contributed by atoms with Gasteiger partial charge >= 0.3 is 6.18 Å². The maximum absolute atomic E-state index is 13.0. The Labute approximate surface area is 186 Å². The van der Waals surface area contributed by atoms with E-state index in [1.54, 1.807) is 21.7 Å². The Morgan fingerprint density at radius 2 is 2.06 bits per heavy atom. The van der Waals surface area contributed by atoms with Gasteiger partial charge in [-0.1, -0.05) is 12.1 Å². The molecule has 0 aliphatic carbocycles. The molecule has 1 fully saturated rings. The Hall–Kier alpha value is -2.86. The number of carbonyl (C=O) groups excluding carboxylic acids is 1. The van der Waals surface area contributed by atoms with Gasteiger partial charge in [-0.3, -0.25) is 9.48 Å². The highest BCUT2D eigenvalue weighted by molar-refractivity contribution is 5.78. The lowest BCUT2D eigenvalue weighted by Crippen LogP contribution is -2.50. The van der Waals surface area contributed by atoms with E-state index >= 15 is 0 Å². The molecule has 1 amide bonds. The lowest BCUT2D eigenvalue weighted by molar-refractivity contribution is -0.883. The second-order valence-corrected chi connectivity index (χ2v) is 9.02. The fourth-order valence-electron chi connectivity index (χ4n) is 4.12. The first-order chi connectivity index (χ1) is 15.0. The monoisotopic (exact) mass is 448 g/mol. The van der Waals surface area contributed by atoms with Crippen LogP contribution in [0.3, 0.4) is 0 Å². The van der Waals surface area contributed by atoms with Crippen LogP contribution in [0.2, 0.25) is 0 Å². The molecule has 0 radical (unpaired) electrons. The van der Waals surface area contributed by atoms with Gasteiger partial charge in [0.2, 0.25) is 0 Å². The number of alkyl halides is 3. The molecule has 1 unspecified atom stereocenters. The van der Waals surface area contributed by atoms with Crippen molar-refractivity contribution in [1.82, 2.24) is 14.7 Å². The van der Waals surface area contributed by atoms with E-state index in [1.165, 1.54) is 6.07 Å². The molecule has 172 valence electrons. The van der Waals surface area contributed by atoms with Gasteiger partial charge in [0.15, 0.2) is 6.54 Å². The van der Waals surface area contributed by atoms with Crippen LogP contribution in [0, 0.1) is 18.3 Å². The predicted molar refractivity (Wildman–Crippen MR) is 114 cm³/mol. The summed E-state index contributed by atoms with van der Waals surface area (Å²) < 4.78 is 41.3. The zero-order chi connectivity index (χ0) is 23.5. The Bertz CT molecular complexity index is 1010. The number of benzene rings is 1. The molecule has 1 aromatic heterocycles. The minimum atomic E-state index is -4.39. The standard InChI is InChI=1S/C23H29F3N5O/c1-17-13-21(18-7-4-8-19(14-18)23(24,25)26)28-30(17)11-6-12-31(2,3)16-22(32)29-10-5-9-20(29)15-27/h4,7-8,13-14,20H,5-6,9-12,16H2,1-3H3/q+1. The molecule has 1 saturated heterocycles. The van der Waals surface area contributed by atoms with Crippen molar-refractivity contribution in [2.45, 2.75) is 44.9 Å². The summed E-state index contributed by atoms with van der Waals surface area (Å²) in [5.41, 5.74) is 1.12. The molecule has 0 bridgehead atoms. The van der Waals surface area contributed by atoms with Crippen molar-refractivity contribution in [3.8, 4) is 17.3 Å². The third-order valence-electron chi connectivity index (χ3n) is 5.89. The first-order valence-electron chi connectivity index (χ1n) is 10.7. The Balaban J connectivity index is 1.59. The summed E-state index contributed by atoms with van der Waals surface area (Å²) in [6.45, 7) is 4.18. The van der Waals surface area contributed by atoms with E-state index < -0.39 is 11.7 Å². The van der Waals surface area contributed by atoms with Crippen LogP contribution < -0.4 is 0 Å². The van der Waals surface area contributed by atoms with Gasteiger partial charge in [-0.05, 0) is 38.0 Å². The van der Waals surface area contributed by atoms with Crippen LogP contribution in [0.5, 0.6) is 0 Å². The fraction of sp³-hybridized carbons (Fsp3) is 0.522. The lowest BCUT2D eigenvalue weighted by Gasteiger charge is -2.31. The summed E-state index contributed by atoms with van der Waals surface area (Å²) in [7, 11) is 3.97. The molecule has 6 nitrogen and oxygen atoms in total. The number of halogens is 3. The first kappa shape index (κ1) is 23.8. The van der Waals surface area contributed by atoms with E-state index in [9.17, 15) is 23.2 Å². The van der Waals surface area contributed by atoms with Crippen molar-refractivity contribution >= 4 is 5.91 Å². The van der Waals surface area contributed by atoms with Gasteiger partial charge in [-0.15, -0.1) is 0 Å². The molecule has 1 aromatic carbocycles. The number of likely N-dealkylation sites (tertiary alicyclic amines) is 1. The Morgan fingerprint density at radius 3 is 2.75 bits per heavy atom. The first-order valence-corrected chi connectivity index (χ1v) is 10.7. The van der Waals surface area contributed by atoms with E-state index in [0.717, 1.165) is 43.6 Å². The van der Waals surface area contributed by atoms with Crippen LogP contribution in [-0.2, 0) is 17.5 Å². The van der Waals surface area contributed by atoms with E-state index in [-0.39, 0.29) is 11.9 Å². The minimum Gasteiger partial charge on any atom is -0.322 e. The molecule has 32 heavy (non-hydrogen) atoms. The number of quaternary nitrogens is 1. The zero-order valence-electron chi connectivity index (χ0n) is 18.7. The molecule has 0 spiro atoms. The summed E-state index contributed by atoms with van der Waals surface area (Å²) in [6, 6.07) is 8.85. The summed E-state index contributed by atoms with van der Waals surface area (Å²) in [4.78, 5) is 14.3. The van der Waals surface area contributed by atoms with E-state index in [4.69, 9.17) is 0 Å². The number of aryl methyl sites for hydroxylation is 2. The number of nitriles is 1. The topological polar surface area (TPSA) is 61.9 Å². The number of hydrogen-bond acceptors (Lipinski definition) is 3. The van der Waals surface area contributed by atoms with Crippen LogP contribution in [-0.4, -0.2) is 64.8 Å². The van der Waals surface area contributed by atoms with Crippen molar-refractivity contribution in [3.05, 3.63) is 41.6 Å². The molecule has 1 aliphatic heterocycles. The number of hydrogen-bond donors (Lipinski definition) is 0. The van der Waals surface area contributed by atoms with E-state index in [1.807, 2.05) is 21.0 Å². The van der Waals surface area contributed by atoms with Crippen molar-refractivity contribution in [3.63, 3.8) is 0 Å². The van der Waals surface area contributed by atoms with Crippen LogP contribution in [0.4, 0.5) is 13.2 Å². The lowest BCUT2D eigenvalue weighted by atomic mass is 10.1. The maximum Gasteiger partial charge on any atom is 0.416 e. The normalized spacial score (nSPS) is 16.9. The second-order valence-electron chi connectivity index (χ2n) is 9.02. The number of carbonyl (C=O) groups is 1. The quantitative estimate of drug-likeness (QED) is 0.605. The molecule has 0 saturated carbocycles. The summed E-state index contributed by atoms with van der Waals surface area (Å²) >= 11 is 0. The average Bonchev–Trinajstić information content (AvgIpc) is 3.34. The number of aromatic nitrogens is 2. The van der Waals surface area contributed by atoms with Crippen molar-refractivity contribution in [2.75, 3.05) is 33.7 Å². The predicted octanol–water partition coefficient (Wildman–Crippen LogP) is 3.86. The number of amides is 1. The molecule has 2 heterocycles. The van der Waals surface area contributed by atoms with Gasteiger partial charge in [0, 0.05) is 30.8 Å². The minimum absolute atomic E-state index is 0.00107. The summed E-state index contributed by atoms with van der Waals surface area (Å²) in [5.74, 6) is 0.00107. The molecule has 1 aliphatic rings. The smallest absolute Gasteiger partial charge is 0.322 e. The SMILES string of the molecule is Cc1cc(-c2cccc(C(F)(F)F)c2)nn1CCC[N+](C)(C)CC(=O)N1CCCC1C#N. The van der Waals surface area contributed by atoms with Gasteiger partial charge in [0.25, 0.3) is 5.91 Å². The van der Waals surface area contributed by atoms with Crippen LogP contribution in [0.25, 0.3) is 11.3 Å². The van der Waals surface area contributed by atoms with Crippen molar-refractivity contribution in [1.29, 1.82) is 5.26 Å². The van der Waals surface area contributed by atoms with E-state index in [2.05, 4.69) is 11.2 Å². The van der Waals surface area contributed by atoms with Gasteiger partial charge < -0.3 is 9.38 Å². The van der Waals surface area contributed by atoms with Gasteiger partial charge in [-0.2, -0.15) is 23.5 Å². The Morgan fingerprint density at radius 1 is 1.31 bits per heavy atom. The second kappa shape index (κ2) is 9.33. The third kappa shape index (κ3) is 5.68. The molecule has 0 N–H and O–H groups in total. The maximum atomic E-state index is 13.0. The van der Waals surface area contributed by atoms with E-state index in [0.29, 0.717) is 35.4 Å². The van der Waals surface area contributed by atoms with Crippen molar-refractivity contribution < 1.29 is 22.4 Å². The highest BCUT2D eigenvalue weighted by Gasteiger charge is 2.32. The summed E-state index contributed by atoms with van der Waals surface area (Å²) in [5, 5.41) is 13.7. The highest BCUT2D eigenvalue weighted by atomic mass is 19.4. The van der Waals surface area contributed by atoms with Crippen LogP contribution in [0.15, 0.2) is 30.3 Å². The Kier molecular flexibility index (Phi) is 6.94. The molecular formula is C23H29F3N5O+. The van der Waals surface area contributed by atoms with Gasteiger partial charge in [-0.25, -0.2) is 0 Å². The van der Waals surface area contributed by atoms with Crippen molar-refractivity contribution in [2.24, 2.45) is 0 Å². The number of likely N-dealkylation sites (N-methyl/N-ethyl adjacent to an activating group) is 1. The van der Waals surface area contributed by atoms with Gasteiger partial charge in [0.05, 0.1) is 38.0 Å². The molecule has 2 aromatic rings. The average molecular weight is 449 g/mol. The largest absolute Gasteiger partial charge is 0.416 e. The third-order valence-corrected chi connectivity index (χ3v) is 5.89. The number of rotatable bonds is 7. The number of nitrogens with zero attached hydrogens (tertiary/aromatic N) is 5. The fourth-order valence-corrected chi connectivity index (χ4v) is 4.12. The molecule has 9 heteroatoms. The summed E-state index contributed by atoms with van der Waals surface area (Å²) in [6.07, 6.45) is -2.03. The van der Waals surface area contributed by atoms with Crippen LogP contribution in [0.1, 0.15) is 30.5 Å². The molecular weight excluding hydrogens is 419 g/mol. The molecule has 3 rings (SSSR count). The van der Waals surface area contributed by atoms with Crippen LogP contribution >= 0.6 is 0 Å². The zero-order valence-corrected chi connectivity index (χ0v) is 18.7. The highest BCUT2D eigenvalue weighted by Crippen LogP contribution is 2.32. The van der Waals surface area contributed by atoms with Gasteiger partial charge in [0.1, 0.15) is 6.04 Å². The molecule has 1 atom stereocenters.